The maximum absolute atomic E-state index is 12.7. The number of nitrogens with zero attached hydrogens (tertiary/aromatic N) is 2. The zero-order valence-corrected chi connectivity index (χ0v) is 28.4. The molecule has 0 bridgehead atoms. The normalized spacial score (nSPS) is 17.5. The molecule has 1 aliphatic carbocycles. The van der Waals surface area contributed by atoms with Crippen LogP contribution in [-0.2, 0) is 19.4 Å². The first-order valence-electron chi connectivity index (χ1n) is 16.0. The number of nitrogens with one attached hydrogen (secondary N) is 1. The average Bonchev–Trinajstić information content (AvgIpc) is 3.52. The van der Waals surface area contributed by atoms with E-state index in [-0.39, 0.29) is 30.1 Å². The molecule has 256 valence electrons. The summed E-state index contributed by atoms with van der Waals surface area (Å²) in [7, 11) is 0.339. The van der Waals surface area contributed by atoms with Gasteiger partial charge in [-0.05, 0) is 59.5 Å². The molecule has 1 aliphatic rings. The molecule has 1 unspecified atom stereocenters. The summed E-state index contributed by atoms with van der Waals surface area (Å²) >= 11 is 0. The van der Waals surface area contributed by atoms with Crippen molar-refractivity contribution in [3.05, 3.63) is 144 Å². The van der Waals surface area contributed by atoms with E-state index in [2.05, 4.69) is 15.3 Å². The fourth-order valence-electron chi connectivity index (χ4n) is 6.28. The van der Waals surface area contributed by atoms with Gasteiger partial charge in [0.05, 0.1) is 20.8 Å². The molecule has 4 atom stereocenters. The van der Waals surface area contributed by atoms with Crippen molar-refractivity contribution in [2.24, 2.45) is 5.92 Å². The van der Waals surface area contributed by atoms with Gasteiger partial charge in [-0.2, -0.15) is 0 Å². The highest BCUT2D eigenvalue weighted by atomic mass is 31.1. The predicted molar refractivity (Wildman–Crippen MR) is 187 cm³/mol. The lowest BCUT2D eigenvalue weighted by Gasteiger charge is -2.37. The van der Waals surface area contributed by atoms with Gasteiger partial charge in [0.25, 0.3) is 5.91 Å². The number of aromatic nitrogens is 2. The number of methoxy groups -OCH3 is 2. The van der Waals surface area contributed by atoms with Crippen molar-refractivity contribution in [2.75, 3.05) is 26.1 Å². The van der Waals surface area contributed by atoms with Crippen LogP contribution in [0.15, 0.2) is 122 Å². The number of carbonyl (C=O) groups excluding carboxylic acids is 1. The van der Waals surface area contributed by atoms with Gasteiger partial charge in [0.2, 0.25) is 5.88 Å². The van der Waals surface area contributed by atoms with Crippen LogP contribution >= 0.6 is 8.25 Å². The van der Waals surface area contributed by atoms with Gasteiger partial charge in [-0.3, -0.25) is 4.79 Å². The number of ether oxygens (including phenoxy) is 4. The monoisotopic (exact) mass is 694 g/mol. The number of amides is 1. The van der Waals surface area contributed by atoms with Crippen LogP contribution in [-0.4, -0.2) is 53.8 Å². The molecule has 1 saturated carbocycles. The summed E-state index contributed by atoms with van der Waals surface area (Å²) in [6, 6.07) is 35.7. The fourth-order valence-corrected chi connectivity index (χ4v) is 6.77. The van der Waals surface area contributed by atoms with E-state index in [4.69, 9.17) is 23.5 Å². The summed E-state index contributed by atoms with van der Waals surface area (Å²) in [6.07, 6.45) is 0.994. The van der Waals surface area contributed by atoms with Crippen molar-refractivity contribution in [3.63, 3.8) is 0 Å². The van der Waals surface area contributed by atoms with E-state index in [9.17, 15) is 14.3 Å². The van der Waals surface area contributed by atoms with Crippen LogP contribution < -0.4 is 19.5 Å². The van der Waals surface area contributed by atoms with Gasteiger partial charge >= 0.3 is 8.25 Å². The van der Waals surface area contributed by atoms with Crippen molar-refractivity contribution in [1.29, 1.82) is 0 Å². The zero-order chi connectivity index (χ0) is 34.9. The predicted octanol–water partition coefficient (Wildman–Crippen LogP) is 6.95. The Morgan fingerprint density at radius 1 is 0.820 bits per heavy atom. The lowest BCUT2D eigenvalue weighted by atomic mass is 9.80. The summed E-state index contributed by atoms with van der Waals surface area (Å²) in [4.78, 5) is 30.9. The summed E-state index contributed by atoms with van der Waals surface area (Å²) < 4.78 is 41.7. The van der Waals surface area contributed by atoms with E-state index >= 15 is 0 Å². The second-order valence-corrected chi connectivity index (χ2v) is 12.4. The highest BCUT2D eigenvalue weighted by molar-refractivity contribution is 7.32. The Morgan fingerprint density at radius 2 is 1.40 bits per heavy atom. The van der Waals surface area contributed by atoms with Crippen LogP contribution in [0.5, 0.6) is 17.4 Å². The van der Waals surface area contributed by atoms with Gasteiger partial charge in [-0.1, -0.05) is 72.8 Å². The summed E-state index contributed by atoms with van der Waals surface area (Å²) in [6.45, 7) is 0.156. The Bertz CT molecular complexity index is 1830. The van der Waals surface area contributed by atoms with E-state index in [0.29, 0.717) is 29.9 Å². The minimum atomic E-state index is -2.90. The van der Waals surface area contributed by atoms with E-state index in [1.54, 1.807) is 44.6 Å². The average molecular weight is 695 g/mol. The van der Waals surface area contributed by atoms with Gasteiger partial charge in [0, 0.05) is 28.5 Å². The van der Waals surface area contributed by atoms with Crippen LogP contribution in [0.4, 0.5) is 5.82 Å². The van der Waals surface area contributed by atoms with Crippen LogP contribution in [0.1, 0.15) is 39.9 Å². The van der Waals surface area contributed by atoms with Crippen molar-refractivity contribution in [2.45, 2.75) is 30.7 Å². The van der Waals surface area contributed by atoms with Crippen molar-refractivity contribution in [3.8, 4) is 17.4 Å². The lowest BCUT2D eigenvalue weighted by molar-refractivity contribution is -0.0260. The summed E-state index contributed by atoms with van der Waals surface area (Å²) in [5.41, 5.74) is 2.01. The van der Waals surface area contributed by atoms with Crippen LogP contribution in [0, 0.1) is 5.92 Å². The number of anilines is 1. The third-order valence-electron chi connectivity index (χ3n) is 8.71. The number of carbonyl (C=O) groups is 1. The lowest BCUT2D eigenvalue weighted by Crippen LogP contribution is -2.36. The van der Waals surface area contributed by atoms with Gasteiger partial charge in [0.15, 0.2) is 0 Å². The molecular weight excluding hydrogens is 657 g/mol. The molecule has 0 spiro atoms. The Hall–Kier alpha value is -5.19. The molecule has 6 rings (SSSR count). The van der Waals surface area contributed by atoms with E-state index < -0.39 is 26.1 Å². The first kappa shape index (κ1) is 34.7. The minimum absolute atomic E-state index is 0.156. The standard InChI is InChI=1S/C38H36N3O8P/c1-45-31-17-13-29(14-18-31)38(28-11-7-4-8-12-28,30-15-19-32(46-2)20-16-30)47-24-27-21-33(22-34(27)49-50(43)44)48-36-23-35(39-25-40-36)41-37(42)26-9-5-3-6-10-26/h3-20,23,25,27,33-34H,21-22,24H2,1-2H3,(H-,39,40,41,42,43,44)/p+1/t27-,33-,34+/m1/s1. The van der Waals surface area contributed by atoms with Crippen LogP contribution in [0.3, 0.4) is 0 Å². The molecule has 50 heavy (non-hydrogen) atoms. The van der Waals surface area contributed by atoms with E-state index in [1.807, 2.05) is 84.9 Å². The largest absolute Gasteiger partial charge is 0.695 e. The maximum Gasteiger partial charge on any atom is 0.695 e. The van der Waals surface area contributed by atoms with Crippen molar-refractivity contribution in [1.82, 2.24) is 9.97 Å². The minimum Gasteiger partial charge on any atom is -0.497 e. The van der Waals surface area contributed by atoms with Gasteiger partial charge in [-0.15, -0.1) is 9.42 Å². The first-order valence-corrected chi connectivity index (χ1v) is 17.2. The molecule has 1 amide bonds. The molecule has 1 fully saturated rings. The molecule has 0 saturated heterocycles. The van der Waals surface area contributed by atoms with E-state index in [0.717, 1.165) is 16.7 Å². The third-order valence-corrected chi connectivity index (χ3v) is 9.16. The first-order chi connectivity index (χ1) is 24.4. The Kier molecular flexibility index (Phi) is 11.1. The zero-order valence-electron chi connectivity index (χ0n) is 27.5. The molecule has 0 radical (unpaired) electrons. The fraction of sp³-hybridized carbons (Fsp3) is 0.237. The highest BCUT2D eigenvalue weighted by Gasteiger charge is 2.45. The SMILES string of the molecule is COc1ccc(C(OC[C@H]2C[C@@H](Oc3cc(NC(=O)c4ccccc4)ncn3)C[C@@H]2O[P+](=O)O)(c2ccccc2)c2ccc(OC)cc2)cc1. The van der Waals surface area contributed by atoms with E-state index in [1.165, 1.54) is 6.33 Å². The summed E-state index contributed by atoms with van der Waals surface area (Å²) in [5, 5.41) is 2.76. The number of hydrogen-bond donors (Lipinski definition) is 2. The van der Waals surface area contributed by atoms with Gasteiger partial charge in [-0.25, -0.2) is 9.97 Å². The molecule has 2 N–H and O–H groups in total. The smallest absolute Gasteiger partial charge is 0.497 e. The quantitative estimate of drug-likeness (QED) is 0.0928. The molecule has 4 aromatic carbocycles. The number of hydrogen-bond acceptors (Lipinski definition) is 9. The van der Waals surface area contributed by atoms with Gasteiger partial charge < -0.3 is 24.3 Å². The maximum atomic E-state index is 12.7. The Labute approximate surface area is 291 Å². The second-order valence-electron chi connectivity index (χ2n) is 11.7. The topological polar surface area (TPSA) is 138 Å². The van der Waals surface area contributed by atoms with Crippen molar-refractivity contribution >= 4 is 20.0 Å². The van der Waals surface area contributed by atoms with Gasteiger partial charge in [0.1, 0.15) is 41.5 Å². The molecule has 12 heteroatoms. The molecule has 1 aromatic heterocycles. The Morgan fingerprint density at radius 3 is 1.98 bits per heavy atom. The molecular formula is C38H37N3O8P+. The summed E-state index contributed by atoms with van der Waals surface area (Å²) in [5.74, 6) is 1.29. The number of benzene rings is 4. The van der Waals surface area contributed by atoms with Crippen molar-refractivity contribution < 1.29 is 37.7 Å². The third kappa shape index (κ3) is 7.98. The molecule has 1 heterocycles. The van der Waals surface area contributed by atoms with Crippen LogP contribution in [0.2, 0.25) is 0 Å². The Balaban J connectivity index is 1.27. The second kappa shape index (κ2) is 16.0. The van der Waals surface area contributed by atoms with Crippen LogP contribution in [0.25, 0.3) is 0 Å². The number of rotatable bonds is 14. The molecule has 5 aromatic rings. The molecule has 11 nitrogen and oxygen atoms in total. The highest BCUT2D eigenvalue weighted by Crippen LogP contribution is 2.44. The molecule has 0 aliphatic heterocycles.